The highest BCUT2D eigenvalue weighted by Gasteiger charge is 2.33. The van der Waals surface area contributed by atoms with E-state index in [1.807, 2.05) is 0 Å². The number of hydrogen-bond acceptors (Lipinski definition) is 3. The van der Waals surface area contributed by atoms with Crippen molar-refractivity contribution >= 4 is 5.96 Å². The van der Waals surface area contributed by atoms with E-state index in [1.165, 1.54) is 38.5 Å². The van der Waals surface area contributed by atoms with Gasteiger partial charge < -0.3 is 20.1 Å². The molecule has 0 aliphatic heterocycles. The lowest BCUT2D eigenvalue weighted by molar-refractivity contribution is 0.107. The van der Waals surface area contributed by atoms with Gasteiger partial charge in [0.1, 0.15) is 0 Å². The summed E-state index contributed by atoms with van der Waals surface area (Å²) in [7, 11) is 0. The Morgan fingerprint density at radius 2 is 1.88 bits per heavy atom. The van der Waals surface area contributed by atoms with Crippen molar-refractivity contribution in [1.29, 1.82) is 0 Å². The van der Waals surface area contributed by atoms with Crippen LogP contribution in [0.5, 0.6) is 0 Å². The molecule has 2 saturated carbocycles. The quantitative estimate of drug-likeness (QED) is 0.303. The van der Waals surface area contributed by atoms with Crippen LogP contribution in [-0.2, 0) is 9.47 Å². The summed E-state index contributed by atoms with van der Waals surface area (Å²) in [5.41, 5.74) is 0.352. The third kappa shape index (κ3) is 8.41. The van der Waals surface area contributed by atoms with Gasteiger partial charge in [-0.05, 0) is 63.7 Å². The fourth-order valence-electron chi connectivity index (χ4n) is 3.55. The second kappa shape index (κ2) is 11.7. The second-order valence-corrected chi connectivity index (χ2v) is 7.65. The molecule has 0 amide bonds. The lowest BCUT2D eigenvalue weighted by Gasteiger charge is -2.27. The Morgan fingerprint density at radius 1 is 1.08 bits per heavy atom. The molecule has 2 N–H and O–H groups in total. The maximum absolute atomic E-state index is 5.70. The summed E-state index contributed by atoms with van der Waals surface area (Å²) >= 11 is 0. The van der Waals surface area contributed by atoms with Crippen LogP contribution in [0.25, 0.3) is 0 Å². The number of nitrogens with zero attached hydrogens (tertiary/aromatic N) is 1. The molecule has 2 fully saturated rings. The number of guanidine groups is 1. The lowest BCUT2D eigenvalue weighted by Crippen LogP contribution is -2.39. The van der Waals surface area contributed by atoms with Crippen LogP contribution < -0.4 is 10.6 Å². The van der Waals surface area contributed by atoms with E-state index in [1.54, 1.807) is 0 Å². The zero-order valence-corrected chi connectivity index (χ0v) is 16.4. The summed E-state index contributed by atoms with van der Waals surface area (Å²) in [5, 5.41) is 6.84. The summed E-state index contributed by atoms with van der Waals surface area (Å²) in [5.74, 6) is 1.80. The third-order valence-electron chi connectivity index (χ3n) is 5.37. The first-order valence-electron chi connectivity index (χ1n) is 10.5. The van der Waals surface area contributed by atoms with Crippen molar-refractivity contribution < 1.29 is 9.47 Å². The molecule has 0 spiro atoms. The Hall–Kier alpha value is -0.810. The standard InChI is InChI=1S/C20H39N3O2/c1-3-21-19(22-13-7-14-25-16-18-8-9-18)23-17-20(10-5-6-11-20)12-15-24-4-2/h18H,3-17H2,1-2H3,(H2,21,22,23). The highest BCUT2D eigenvalue weighted by Crippen LogP contribution is 2.41. The van der Waals surface area contributed by atoms with Crippen LogP contribution in [-0.4, -0.2) is 52.0 Å². The highest BCUT2D eigenvalue weighted by molar-refractivity contribution is 5.79. The molecule has 146 valence electrons. The molecule has 2 aliphatic carbocycles. The Morgan fingerprint density at radius 3 is 2.56 bits per heavy atom. The number of hydrogen-bond donors (Lipinski definition) is 2. The fourth-order valence-corrected chi connectivity index (χ4v) is 3.55. The van der Waals surface area contributed by atoms with E-state index in [-0.39, 0.29) is 0 Å². The number of nitrogens with one attached hydrogen (secondary N) is 2. The van der Waals surface area contributed by atoms with Gasteiger partial charge in [0.2, 0.25) is 0 Å². The molecule has 2 rings (SSSR count). The minimum absolute atomic E-state index is 0.352. The van der Waals surface area contributed by atoms with Crippen molar-refractivity contribution in [2.45, 2.75) is 65.2 Å². The van der Waals surface area contributed by atoms with E-state index in [4.69, 9.17) is 14.5 Å². The minimum atomic E-state index is 0.352. The van der Waals surface area contributed by atoms with E-state index in [0.717, 1.165) is 70.8 Å². The Balaban J connectivity index is 1.69. The van der Waals surface area contributed by atoms with E-state index in [2.05, 4.69) is 24.5 Å². The predicted octanol–water partition coefficient (Wildman–Crippen LogP) is 3.35. The maximum Gasteiger partial charge on any atom is 0.191 e. The molecule has 2 aliphatic rings. The topological polar surface area (TPSA) is 54.9 Å². The fraction of sp³-hybridized carbons (Fsp3) is 0.950. The Bertz CT molecular complexity index is 377. The van der Waals surface area contributed by atoms with Crippen molar-refractivity contribution in [3.05, 3.63) is 0 Å². The average Bonchev–Trinajstić information content (AvgIpc) is 3.33. The maximum atomic E-state index is 5.70. The summed E-state index contributed by atoms with van der Waals surface area (Å²) in [6, 6.07) is 0. The van der Waals surface area contributed by atoms with Crippen LogP contribution >= 0.6 is 0 Å². The van der Waals surface area contributed by atoms with Crippen molar-refractivity contribution in [2.24, 2.45) is 16.3 Å². The average molecular weight is 354 g/mol. The number of aliphatic imine (C=N–C) groups is 1. The molecule has 0 unspecified atom stereocenters. The van der Waals surface area contributed by atoms with Crippen LogP contribution in [0.3, 0.4) is 0 Å². The highest BCUT2D eigenvalue weighted by atomic mass is 16.5. The molecule has 0 atom stereocenters. The largest absolute Gasteiger partial charge is 0.382 e. The predicted molar refractivity (Wildman–Crippen MR) is 104 cm³/mol. The van der Waals surface area contributed by atoms with Gasteiger partial charge in [-0.2, -0.15) is 0 Å². The Labute approximate surface area is 154 Å². The monoisotopic (exact) mass is 353 g/mol. The van der Waals surface area contributed by atoms with Gasteiger partial charge >= 0.3 is 0 Å². The van der Waals surface area contributed by atoms with Gasteiger partial charge in [0, 0.05) is 46.1 Å². The number of ether oxygens (including phenoxy) is 2. The third-order valence-corrected chi connectivity index (χ3v) is 5.37. The zero-order chi connectivity index (χ0) is 17.8. The van der Waals surface area contributed by atoms with Crippen LogP contribution in [0.2, 0.25) is 0 Å². The molecule has 0 aromatic carbocycles. The van der Waals surface area contributed by atoms with Crippen molar-refractivity contribution in [2.75, 3.05) is 46.1 Å². The summed E-state index contributed by atoms with van der Waals surface area (Å²) < 4.78 is 11.3. The summed E-state index contributed by atoms with van der Waals surface area (Å²) in [6.07, 6.45) is 10.1. The van der Waals surface area contributed by atoms with Gasteiger partial charge in [-0.25, -0.2) is 0 Å². The molecule has 25 heavy (non-hydrogen) atoms. The van der Waals surface area contributed by atoms with Gasteiger partial charge in [-0.3, -0.25) is 4.99 Å². The van der Waals surface area contributed by atoms with E-state index < -0.39 is 0 Å². The van der Waals surface area contributed by atoms with Gasteiger partial charge in [0.05, 0.1) is 0 Å². The minimum Gasteiger partial charge on any atom is -0.382 e. The molecule has 5 nitrogen and oxygen atoms in total. The lowest BCUT2D eigenvalue weighted by atomic mass is 9.83. The molecule has 0 saturated heterocycles. The van der Waals surface area contributed by atoms with Crippen LogP contribution in [0.1, 0.15) is 65.2 Å². The molecular formula is C20H39N3O2. The smallest absolute Gasteiger partial charge is 0.191 e. The summed E-state index contributed by atoms with van der Waals surface area (Å²) in [4.78, 5) is 4.90. The zero-order valence-electron chi connectivity index (χ0n) is 16.4. The SMILES string of the molecule is CCNC(=NCC1(CCOCC)CCCC1)NCCCOCC1CC1. The van der Waals surface area contributed by atoms with Gasteiger partial charge in [-0.15, -0.1) is 0 Å². The molecule has 0 bridgehead atoms. The number of rotatable bonds is 13. The van der Waals surface area contributed by atoms with E-state index in [9.17, 15) is 0 Å². The van der Waals surface area contributed by atoms with Crippen LogP contribution in [0.4, 0.5) is 0 Å². The molecular weight excluding hydrogens is 314 g/mol. The first-order chi connectivity index (χ1) is 12.3. The Kier molecular flexibility index (Phi) is 9.63. The van der Waals surface area contributed by atoms with Crippen LogP contribution in [0.15, 0.2) is 4.99 Å². The van der Waals surface area contributed by atoms with Crippen molar-refractivity contribution in [3.8, 4) is 0 Å². The first kappa shape index (κ1) is 20.5. The van der Waals surface area contributed by atoms with Gasteiger partial charge in [0.15, 0.2) is 5.96 Å². The summed E-state index contributed by atoms with van der Waals surface area (Å²) in [6.45, 7) is 10.4. The molecule has 0 radical (unpaired) electrons. The second-order valence-electron chi connectivity index (χ2n) is 7.65. The molecule has 0 heterocycles. The van der Waals surface area contributed by atoms with E-state index in [0.29, 0.717) is 5.41 Å². The van der Waals surface area contributed by atoms with Gasteiger partial charge in [0.25, 0.3) is 0 Å². The van der Waals surface area contributed by atoms with Gasteiger partial charge in [-0.1, -0.05) is 12.8 Å². The first-order valence-corrected chi connectivity index (χ1v) is 10.5. The van der Waals surface area contributed by atoms with Crippen molar-refractivity contribution in [3.63, 3.8) is 0 Å². The molecule has 0 aromatic heterocycles. The molecule has 5 heteroatoms. The van der Waals surface area contributed by atoms with E-state index >= 15 is 0 Å². The van der Waals surface area contributed by atoms with Crippen molar-refractivity contribution in [1.82, 2.24) is 10.6 Å². The normalized spacial score (nSPS) is 20.0. The molecule has 0 aromatic rings. The van der Waals surface area contributed by atoms with Crippen LogP contribution in [0, 0.1) is 11.3 Å².